The Morgan fingerprint density at radius 1 is 0.255 bits per heavy atom. The molecule has 256 valence electrons. The summed E-state index contributed by atoms with van der Waals surface area (Å²) in [6.07, 6.45) is 0. The fraction of sp³-hybridized carbons (Fsp3) is 0. The van der Waals surface area contributed by atoms with Crippen molar-refractivity contribution >= 4 is 76.2 Å². The summed E-state index contributed by atoms with van der Waals surface area (Å²) >= 11 is 0. The van der Waals surface area contributed by atoms with Gasteiger partial charge in [0.05, 0.1) is 38.8 Å². The zero-order valence-electron chi connectivity index (χ0n) is 29.9. The van der Waals surface area contributed by atoms with Crippen molar-refractivity contribution < 1.29 is 0 Å². The van der Waals surface area contributed by atoms with Crippen LogP contribution in [0.1, 0.15) is 0 Å². The van der Waals surface area contributed by atoms with Crippen LogP contribution < -0.4 is 0 Å². The Labute approximate surface area is 317 Å². The van der Waals surface area contributed by atoms with Crippen molar-refractivity contribution in [2.75, 3.05) is 0 Å². The van der Waals surface area contributed by atoms with Crippen LogP contribution in [0.5, 0.6) is 0 Å². The van der Waals surface area contributed by atoms with Crippen LogP contribution in [0, 0.1) is 0 Å². The smallest absolute Gasteiger partial charge is 0.0788 e. The van der Waals surface area contributed by atoms with E-state index in [1.807, 2.05) is 0 Å². The monoisotopic (exact) mass is 699 g/mol. The molecule has 0 saturated carbocycles. The van der Waals surface area contributed by atoms with Crippen molar-refractivity contribution in [1.29, 1.82) is 0 Å². The summed E-state index contributed by atoms with van der Waals surface area (Å²) in [7, 11) is 0. The summed E-state index contributed by atoms with van der Waals surface area (Å²) in [6, 6.07) is 73.2. The molecule has 0 radical (unpaired) electrons. The third-order valence-corrected chi connectivity index (χ3v) is 11.6. The first kappa shape index (κ1) is 30.1. The van der Waals surface area contributed by atoms with Crippen LogP contribution in [0.4, 0.5) is 0 Å². The highest BCUT2D eigenvalue weighted by Crippen LogP contribution is 2.43. The molecule has 3 nitrogen and oxygen atoms in total. The van der Waals surface area contributed by atoms with E-state index in [1.165, 1.54) is 93.0 Å². The van der Waals surface area contributed by atoms with E-state index in [0.29, 0.717) is 0 Å². The molecular formula is C52H33N3. The molecule has 55 heavy (non-hydrogen) atoms. The lowest BCUT2D eigenvalue weighted by molar-refractivity contribution is 1.15. The Hall–Kier alpha value is -7.36. The minimum absolute atomic E-state index is 1.15. The van der Waals surface area contributed by atoms with Crippen molar-refractivity contribution in [3.8, 4) is 28.2 Å². The molecule has 9 aromatic carbocycles. The Kier molecular flexibility index (Phi) is 6.34. The number of rotatable bonds is 4. The molecule has 0 fully saturated rings. The van der Waals surface area contributed by atoms with Gasteiger partial charge in [0.15, 0.2) is 0 Å². The first-order valence-electron chi connectivity index (χ1n) is 18.9. The van der Waals surface area contributed by atoms with Gasteiger partial charge in [0.25, 0.3) is 0 Å². The van der Waals surface area contributed by atoms with Crippen LogP contribution in [0.15, 0.2) is 200 Å². The van der Waals surface area contributed by atoms with Crippen molar-refractivity contribution in [2.24, 2.45) is 0 Å². The van der Waals surface area contributed by atoms with E-state index in [-0.39, 0.29) is 0 Å². The first-order chi connectivity index (χ1) is 27.3. The van der Waals surface area contributed by atoms with Crippen molar-refractivity contribution in [3.63, 3.8) is 0 Å². The van der Waals surface area contributed by atoms with E-state index >= 15 is 0 Å². The van der Waals surface area contributed by atoms with Crippen molar-refractivity contribution in [2.45, 2.75) is 0 Å². The van der Waals surface area contributed by atoms with Crippen LogP contribution in [0.25, 0.3) is 104 Å². The van der Waals surface area contributed by atoms with Gasteiger partial charge in [-0.2, -0.15) is 0 Å². The third kappa shape index (κ3) is 4.32. The van der Waals surface area contributed by atoms with E-state index in [1.54, 1.807) is 0 Å². The van der Waals surface area contributed by atoms with Gasteiger partial charge in [-0.15, -0.1) is 0 Å². The summed E-state index contributed by atoms with van der Waals surface area (Å²) in [5.74, 6) is 0. The number of hydrogen-bond donors (Lipinski definition) is 0. The maximum Gasteiger partial charge on any atom is 0.0788 e. The zero-order valence-corrected chi connectivity index (χ0v) is 29.9. The van der Waals surface area contributed by atoms with Crippen LogP contribution in [-0.4, -0.2) is 13.7 Å². The second-order valence-electron chi connectivity index (χ2n) is 14.5. The first-order valence-corrected chi connectivity index (χ1v) is 18.9. The lowest BCUT2D eigenvalue weighted by atomic mass is 10.00. The summed E-state index contributed by atoms with van der Waals surface area (Å²) in [4.78, 5) is 0. The molecule has 0 amide bonds. The molecule has 0 unspecified atom stereocenters. The van der Waals surface area contributed by atoms with Gasteiger partial charge in [-0.1, -0.05) is 133 Å². The fourth-order valence-electron chi connectivity index (χ4n) is 9.24. The van der Waals surface area contributed by atoms with Gasteiger partial charge in [0.2, 0.25) is 0 Å². The standard InChI is InChI=1S/C52H33N3/c1-3-16-37(17-4-1)53-47-23-11-9-21-40(47)42-28-29-43-45-33-36(26-30-49(45)54(52(43)51(42)53)38-18-5-2-6-19-38)35-27-31-50-44(32-35)41-22-10-12-24-48(41)55(50)46-25-13-15-34-14-7-8-20-39(34)46/h1-33H. The van der Waals surface area contributed by atoms with Crippen molar-refractivity contribution in [1.82, 2.24) is 13.7 Å². The Morgan fingerprint density at radius 2 is 0.691 bits per heavy atom. The van der Waals surface area contributed by atoms with Crippen molar-refractivity contribution in [3.05, 3.63) is 200 Å². The topological polar surface area (TPSA) is 14.8 Å². The average molecular weight is 700 g/mol. The number of benzene rings is 9. The largest absolute Gasteiger partial charge is 0.309 e. The third-order valence-electron chi connectivity index (χ3n) is 11.6. The molecule has 12 aromatic rings. The van der Waals surface area contributed by atoms with Gasteiger partial charge < -0.3 is 13.7 Å². The number of hydrogen-bond acceptors (Lipinski definition) is 0. The van der Waals surface area contributed by atoms with Gasteiger partial charge in [-0.25, -0.2) is 0 Å². The highest BCUT2D eigenvalue weighted by molar-refractivity contribution is 6.24. The molecule has 0 N–H and O–H groups in total. The highest BCUT2D eigenvalue weighted by atomic mass is 15.0. The lowest BCUT2D eigenvalue weighted by Gasteiger charge is -2.12. The van der Waals surface area contributed by atoms with Crippen LogP contribution in [0.2, 0.25) is 0 Å². The van der Waals surface area contributed by atoms with E-state index < -0.39 is 0 Å². The molecule has 0 aliphatic heterocycles. The second-order valence-corrected chi connectivity index (χ2v) is 14.5. The number of para-hydroxylation sites is 4. The molecule has 0 saturated heterocycles. The molecule has 0 spiro atoms. The quantitative estimate of drug-likeness (QED) is 0.174. The second kappa shape index (κ2) is 11.6. The van der Waals surface area contributed by atoms with Gasteiger partial charge in [-0.05, 0) is 83.2 Å². The predicted octanol–water partition coefficient (Wildman–Crippen LogP) is 13.8. The molecule has 0 atom stereocenters. The number of aromatic nitrogens is 3. The summed E-state index contributed by atoms with van der Waals surface area (Å²) in [5.41, 5.74) is 13.2. The van der Waals surface area contributed by atoms with Crippen LogP contribution >= 0.6 is 0 Å². The normalized spacial score (nSPS) is 12.0. The Balaban J connectivity index is 1.14. The molecule has 3 aromatic heterocycles. The fourth-order valence-corrected chi connectivity index (χ4v) is 9.24. The minimum atomic E-state index is 1.15. The lowest BCUT2D eigenvalue weighted by Crippen LogP contribution is -1.98. The molecule has 12 rings (SSSR count). The van der Waals surface area contributed by atoms with Crippen LogP contribution in [0.3, 0.4) is 0 Å². The molecular weight excluding hydrogens is 667 g/mol. The highest BCUT2D eigenvalue weighted by Gasteiger charge is 2.22. The molecule has 0 aliphatic rings. The van der Waals surface area contributed by atoms with Crippen LogP contribution in [-0.2, 0) is 0 Å². The maximum absolute atomic E-state index is 2.47. The van der Waals surface area contributed by atoms with Gasteiger partial charge >= 0.3 is 0 Å². The summed E-state index contributed by atoms with van der Waals surface area (Å²) in [6.45, 7) is 0. The molecule has 0 bridgehead atoms. The number of fused-ring (bicyclic) bond motifs is 11. The maximum atomic E-state index is 2.47. The molecule has 3 heteroatoms. The summed E-state index contributed by atoms with van der Waals surface area (Å²) in [5, 5.41) is 9.98. The predicted molar refractivity (Wildman–Crippen MR) is 232 cm³/mol. The van der Waals surface area contributed by atoms with Gasteiger partial charge in [-0.3, -0.25) is 0 Å². The average Bonchev–Trinajstić information content (AvgIpc) is 3.89. The van der Waals surface area contributed by atoms with E-state index in [0.717, 1.165) is 11.4 Å². The summed E-state index contributed by atoms with van der Waals surface area (Å²) < 4.78 is 7.35. The van der Waals surface area contributed by atoms with Gasteiger partial charge in [0, 0.05) is 49.1 Å². The van der Waals surface area contributed by atoms with E-state index in [9.17, 15) is 0 Å². The zero-order chi connectivity index (χ0) is 36.0. The molecule has 3 heterocycles. The van der Waals surface area contributed by atoms with Gasteiger partial charge in [0.1, 0.15) is 0 Å². The Morgan fingerprint density at radius 3 is 1.33 bits per heavy atom. The molecule has 0 aliphatic carbocycles. The Bertz CT molecular complexity index is 3470. The van der Waals surface area contributed by atoms with E-state index in [2.05, 4.69) is 214 Å². The van der Waals surface area contributed by atoms with E-state index in [4.69, 9.17) is 0 Å². The number of nitrogens with zero attached hydrogens (tertiary/aromatic N) is 3. The SMILES string of the molecule is c1ccc(-n2c3ccccc3c3ccc4c5cc(-c6ccc7c(c6)c6ccccc6n7-c6cccc7ccccc67)ccc5n(-c5ccccc5)c4c32)cc1. The minimum Gasteiger partial charge on any atom is -0.309 e.